The summed E-state index contributed by atoms with van der Waals surface area (Å²) in [6, 6.07) is 1.37. The Bertz CT molecular complexity index is 864. The molecular weight excluding hydrogens is 411 g/mol. The molecule has 7 nitrogen and oxygen atoms in total. The van der Waals surface area contributed by atoms with Gasteiger partial charge in [-0.05, 0) is 46.8 Å². The highest BCUT2D eigenvalue weighted by atomic mass is 32.2. The lowest BCUT2D eigenvalue weighted by molar-refractivity contribution is -0.140. The van der Waals surface area contributed by atoms with E-state index in [0.29, 0.717) is 6.07 Å². The first-order valence-electron chi connectivity index (χ1n) is 8.74. The zero-order valence-electron chi connectivity index (χ0n) is 17.1. The molecule has 0 unspecified atom stereocenters. The second-order valence-corrected chi connectivity index (χ2v) is 9.38. The zero-order valence-corrected chi connectivity index (χ0v) is 17.9. The molecule has 0 aromatic heterocycles. The van der Waals surface area contributed by atoms with Crippen molar-refractivity contribution in [3.05, 3.63) is 29.8 Å². The van der Waals surface area contributed by atoms with Crippen LogP contribution < -0.4 is 10.0 Å². The van der Waals surface area contributed by atoms with Crippen LogP contribution in [0.15, 0.2) is 29.2 Å². The molecule has 2 atom stereocenters. The summed E-state index contributed by atoms with van der Waals surface area (Å²) in [5.74, 6) is -1.22. The third-order valence-corrected chi connectivity index (χ3v) is 5.59. The Kier molecular flexibility index (Phi) is 7.47. The van der Waals surface area contributed by atoms with E-state index in [1.807, 2.05) is 4.72 Å². The predicted octanol–water partition coefficient (Wildman–Crippen LogP) is 2.13. The number of sulfonamides is 1. The molecule has 29 heavy (non-hydrogen) atoms. The summed E-state index contributed by atoms with van der Waals surface area (Å²) in [5.41, 5.74) is -1.87. The molecule has 0 radical (unpaired) electrons. The first-order valence-corrected chi connectivity index (χ1v) is 10.2. The summed E-state index contributed by atoms with van der Waals surface area (Å²) in [6.45, 7) is 7.93. The Morgan fingerprint density at radius 1 is 1.07 bits per heavy atom. The molecule has 0 heterocycles. The van der Waals surface area contributed by atoms with Gasteiger partial charge in [0.2, 0.25) is 21.8 Å². The summed E-state index contributed by atoms with van der Waals surface area (Å²) in [4.78, 5) is 24.8. The number of nitrogens with zero attached hydrogens (tertiary/aromatic N) is 1. The van der Waals surface area contributed by atoms with Crippen molar-refractivity contribution in [2.24, 2.45) is 0 Å². The molecule has 1 aromatic carbocycles. The normalized spacial score (nSPS) is 14.8. The number of carbonyl (C=O) groups is 2. The molecule has 1 rings (SSSR count). The van der Waals surface area contributed by atoms with Gasteiger partial charge in [-0.3, -0.25) is 9.59 Å². The van der Waals surface area contributed by atoms with E-state index in [4.69, 9.17) is 0 Å². The van der Waals surface area contributed by atoms with Crippen LogP contribution in [0.25, 0.3) is 0 Å². The molecule has 0 fully saturated rings. The second kappa shape index (κ2) is 8.70. The van der Waals surface area contributed by atoms with Gasteiger partial charge in [0.25, 0.3) is 0 Å². The number of amides is 2. The highest BCUT2D eigenvalue weighted by Crippen LogP contribution is 2.33. The van der Waals surface area contributed by atoms with E-state index in [1.165, 1.54) is 20.9 Å². The lowest BCUT2D eigenvalue weighted by Gasteiger charge is -2.30. The maximum atomic E-state index is 13.1. The summed E-state index contributed by atoms with van der Waals surface area (Å²) in [7, 11) is -3.34. The second-order valence-electron chi connectivity index (χ2n) is 7.70. The number of benzene rings is 1. The number of hydrogen-bond acceptors (Lipinski definition) is 4. The lowest BCUT2D eigenvalue weighted by atomic mass is 10.1. The quantitative estimate of drug-likeness (QED) is 0.713. The van der Waals surface area contributed by atoms with Crippen molar-refractivity contribution in [2.75, 3.05) is 7.05 Å². The first-order chi connectivity index (χ1) is 13.0. The molecule has 0 spiro atoms. The Balaban J connectivity index is 3.02. The van der Waals surface area contributed by atoms with Crippen LogP contribution in [-0.2, 0) is 25.8 Å². The third-order valence-electron chi connectivity index (χ3n) is 3.99. The average molecular weight is 437 g/mol. The Hall–Kier alpha value is -2.14. The van der Waals surface area contributed by atoms with Crippen molar-refractivity contribution in [1.29, 1.82) is 0 Å². The van der Waals surface area contributed by atoms with Crippen LogP contribution in [0.5, 0.6) is 0 Å². The van der Waals surface area contributed by atoms with Gasteiger partial charge >= 0.3 is 6.18 Å². The summed E-state index contributed by atoms with van der Waals surface area (Å²) in [6.07, 6.45) is -4.88. The Morgan fingerprint density at radius 3 is 2.07 bits per heavy atom. The minimum Gasteiger partial charge on any atom is -0.350 e. The Morgan fingerprint density at radius 2 is 1.59 bits per heavy atom. The van der Waals surface area contributed by atoms with Crippen molar-refractivity contribution in [3.8, 4) is 0 Å². The smallest absolute Gasteiger partial charge is 0.350 e. The molecule has 2 amide bonds. The zero-order chi connectivity index (χ0) is 22.8. The van der Waals surface area contributed by atoms with Crippen LogP contribution in [0.3, 0.4) is 0 Å². The summed E-state index contributed by atoms with van der Waals surface area (Å²) < 4.78 is 66.3. The molecule has 164 valence electrons. The molecule has 0 saturated carbocycles. The number of alkyl halides is 3. The maximum absolute atomic E-state index is 13.1. The Labute approximate surface area is 168 Å². The van der Waals surface area contributed by atoms with Gasteiger partial charge in [-0.15, -0.1) is 0 Å². The van der Waals surface area contributed by atoms with Crippen molar-refractivity contribution in [2.45, 2.75) is 63.3 Å². The summed E-state index contributed by atoms with van der Waals surface area (Å²) >= 11 is 0. The van der Waals surface area contributed by atoms with Crippen LogP contribution >= 0.6 is 0 Å². The van der Waals surface area contributed by atoms with E-state index in [2.05, 4.69) is 5.32 Å². The van der Waals surface area contributed by atoms with Gasteiger partial charge in [-0.1, -0.05) is 12.1 Å². The topological polar surface area (TPSA) is 95.6 Å². The van der Waals surface area contributed by atoms with E-state index in [1.54, 1.807) is 20.8 Å². The molecule has 1 aromatic rings. The fourth-order valence-electron chi connectivity index (χ4n) is 2.43. The number of hydrogen-bond donors (Lipinski definition) is 2. The molecule has 0 saturated heterocycles. The van der Waals surface area contributed by atoms with Gasteiger partial charge < -0.3 is 10.2 Å². The standard InChI is InChI=1S/C18H26F3N3O4S/c1-11(16(26)24(6)12(2)15(25)22-17(3,4)5)23-29(27,28)14-10-8-7-9-13(14)18(19,20)21/h7-12,23H,1-6H3,(H,22,25)/t11-,12-/m0/s1. The highest BCUT2D eigenvalue weighted by molar-refractivity contribution is 7.89. The first kappa shape index (κ1) is 24.9. The van der Waals surface area contributed by atoms with E-state index in [-0.39, 0.29) is 0 Å². The molecular formula is C18H26F3N3O4S. The molecule has 0 aliphatic rings. The molecule has 0 aliphatic carbocycles. The van der Waals surface area contributed by atoms with Gasteiger partial charge in [0, 0.05) is 12.6 Å². The fourth-order valence-corrected chi connectivity index (χ4v) is 3.85. The number of likely N-dealkylation sites (N-methyl/N-ethyl adjacent to an activating group) is 1. The number of nitrogens with one attached hydrogen (secondary N) is 2. The van der Waals surface area contributed by atoms with Crippen molar-refractivity contribution in [3.63, 3.8) is 0 Å². The fraction of sp³-hybridized carbons (Fsp3) is 0.556. The molecule has 0 bridgehead atoms. The number of rotatable bonds is 6. The molecule has 2 N–H and O–H groups in total. The van der Waals surface area contributed by atoms with Gasteiger partial charge in [0.1, 0.15) is 6.04 Å². The molecule has 11 heteroatoms. The van der Waals surface area contributed by atoms with Crippen molar-refractivity contribution >= 4 is 21.8 Å². The monoisotopic (exact) mass is 437 g/mol. The number of carbonyl (C=O) groups excluding carboxylic acids is 2. The van der Waals surface area contributed by atoms with Crippen LogP contribution in [-0.4, -0.2) is 49.8 Å². The van der Waals surface area contributed by atoms with Gasteiger partial charge in [0.15, 0.2) is 0 Å². The van der Waals surface area contributed by atoms with Gasteiger partial charge in [0.05, 0.1) is 16.5 Å². The minimum atomic E-state index is -4.88. The van der Waals surface area contributed by atoms with E-state index in [0.717, 1.165) is 23.1 Å². The van der Waals surface area contributed by atoms with Crippen LogP contribution in [0.2, 0.25) is 0 Å². The van der Waals surface area contributed by atoms with Gasteiger partial charge in [-0.25, -0.2) is 8.42 Å². The van der Waals surface area contributed by atoms with Crippen molar-refractivity contribution < 1.29 is 31.2 Å². The van der Waals surface area contributed by atoms with Gasteiger partial charge in [-0.2, -0.15) is 17.9 Å². The van der Waals surface area contributed by atoms with Crippen LogP contribution in [0.1, 0.15) is 40.2 Å². The maximum Gasteiger partial charge on any atom is 0.417 e. The summed E-state index contributed by atoms with van der Waals surface area (Å²) in [5, 5.41) is 2.70. The van der Waals surface area contributed by atoms with Crippen LogP contribution in [0, 0.1) is 0 Å². The average Bonchev–Trinajstić information content (AvgIpc) is 2.57. The third kappa shape index (κ3) is 6.70. The number of halogens is 3. The molecule has 0 aliphatic heterocycles. The minimum absolute atomic E-state index is 0.453. The SMILES string of the molecule is C[C@H](NS(=O)(=O)c1ccccc1C(F)(F)F)C(=O)N(C)[C@@H](C)C(=O)NC(C)(C)C. The predicted molar refractivity (Wildman–Crippen MR) is 101 cm³/mol. The van der Waals surface area contributed by atoms with E-state index < -0.39 is 56.1 Å². The highest BCUT2D eigenvalue weighted by Gasteiger charge is 2.38. The van der Waals surface area contributed by atoms with Crippen LogP contribution in [0.4, 0.5) is 13.2 Å². The van der Waals surface area contributed by atoms with E-state index in [9.17, 15) is 31.2 Å². The van der Waals surface area contributed by atoms with E-state index >= 15 is 0 Å². The lowest BCUT2D eigenvalue weighted by Crippen LogP contribution is -2.54. The van der Waals surface area contributed by atoms with Crippen molar-refractivity contribution in [1.82, 2.24) is 14.9 Å². The largest absolute Gasteiger partial charge is 0.417 e.